The Hall–Kier alpha value is 0.270. The standard InChI is InChI=1S/C13H26N2S/c1-12-11-15(9-10-16-12)8-4-2-3-7-14-13-5-6-13/h12-14H,2-11H2,1H3. The van der Waals surface area contributed by atoms with Crippen LogP contribution in [0.3, 0.4) is 0 Å². The number of thioether (sulfide) groups is 1. The monoisotopic (exact) mass is 242 g/mol. The van der Waals surface area contributed by atoms with Crippen molar-refractivity contribution in [3.05, 3.63) is 0 Å². The van der Waals surface area contributed by atoms with Gasteiger partial charge in [0.15, 0.2) is 0 Å². The third-order valence-electron chi connectivity index (χ3n) is 3.49. The highest BCUT2D eigenvalue weighted by Gasteiger charge is 2.19. The zero-order valence-electron chi connectivity index (χ0n) is 10.6. The van der Waals surface area contributed by atoms with Gasteiger partial charge in [0.1, 0.15) is 0 Å². The fourth-order valence-corrected chi connectivity index (χ4v) is 3.41. The summed E-state index contributed by atoms with van der Waals surface area (Å²) in [6.07, 6.45) is 7.00. The molecule has 0 spiro atoms. The zero-order valence-corrected chi connectivity index (χ0v) is 11.4. The van der Waals surface area contributed by atoms with Crippen LogP contribution in [0.25, 0.3) is 0 Å². The van der Waals surface area contributed by atoms with Crippen LogP contribution in [0, 0.1) is 0 Å². The molecule has 0 amide bonds. The van der Waals surface area contributed by atoms with Crippen molar-refractivity contribution in [1.82, 2.24) is 10.2 Å². The lowest BCUT2D eigenvalue weighted by Crippen LogP contribution is -2.37. The Bertz CT molecular complexity index is 194. The first-order valence-electron chi connectivity index (χ1n) is 6.92. The molecule has 3 heteroatoms. The summed E-state index contributed by atoms with van der Waals surface area (Å²) in [7, 11) is 0. The van der Waals surface area contributed by atoms with Crippen molar-refractivity contribution < 1.29 is 0 Å². The van der Waals surface area contributed by atoms with Gasteiger partial charge in [0.05, 0.1) is 0 Å². The highest BCUT2D eigenvalue weighted by atomic mass is 32.2. The Balaban J connectivity index is 1.41. The first-order valence-corrected chi connectivity index (χ1v) is 7.97. The van der Waals surface area contributed by atoms with Crippen molar-refractivity contribution in [3.63, 3.8) is 0 Å². The van der Waals surface area contributed by atoms with Crippen LogP contribution < -0.4 is 5.32 Å². The summed E-state index contributed by atoms with van der Waals surface area (Å²) in [5.74, 6) is 1.34. The molecule has 1 saturated carbocycles. The fourth-order valence-electron chi connectivity index (χ4n) is 2.32. The second-order valence-corrected chi connectivity index (χ2v) is 6.82. The molecule has 1 aliphatic carbocycles. The molecule has 2 nitrogen and oxygen atoms in total. The molecule has 0 bridgehead atoms. The molecule has 0 aromatic carbocycles. The summed E-state index contributed by atoms with van der Waals surface area (Å²) in [6, 6.07) is 0.889. The van der Waals surface area contributed by atoms with Crippen molar-refractivity contribution >= 4 is 11.8 Å². The van der Waals surface area contributed by atoms with E-state index in [4.69, 9.17) is 0 Å². The molecule has 1 saturated heterocycles. The van der Waals surface area contributed by atoms with E-state index in [1.165, 1.54) is 64.0 Å². The molecule has 94 valence electrons. The average molecular weight is 242 g/mol. The number of unbranched alkanes of at least 4 members (excludes halogenated alkanes) is 2. The van der Waals surface area contributed by atoms with E-state index in [0.717, 1.165) is 11.3 Å². The fraction of sp³-hybridized carbons (Fsp3) is 1.00. The number of nitrogens with one attached hydrogen (secondary N) is 1. The quantitative estimate of drug-likeness (QED) is 0.690. The van der Waals surface area contributed by atoms with Gasteiger partial charge in [-0.2, -0.15) is 11.8 Å². The highest BCUT2D eigenvalue weighted by molar-refractivity contribution is 7.99. The van der Waals surface area contributed by atoms with Crippen molar-refractivity contribution in [1.29, 1.82) is 0 Å². The van der Waals surface area contributed by atoms with Gasteiger partial charge in [-0.15, -0.1) is 0 Å². The third kappa shape index (κ3) is 5.07. The van der Waals surface area contributed by atoms with Gasteiger partial charge in [-0.1, -0.05) is 13.3 Å². The molecule has 0 aromatic heterocycles. The first kappa shape index (κ1) is 12.7. The SMILES string of the molecule is CC1CN(CCCCCNC2CC2)CCS1. The van der Waals surface area contributed by atoms with Crippen LogP contribution in [0.1, 0.15) is 39.0 Å². The Kier molecular flexibility index (Phi) is 5.46. The van der Waals surface area contributed by atoms with Crippen LogP contribution in [0.5, 0.6) is 0 Å². The summed E-state index contributed by atoms with van der Waals surface area (Å²) >= 11 is 2.13. The molecule has 1 atom stereocenters. The number of hydrogen-bond donors (Lipinski definition) is 1. The molecule has 1 heterocycles. The maximum absolute atomic E-state index is 3.59. The first-order chi connectivity index (χ1) is 7.84. The van der Waals surface area contributed by atoms with Gasteiger partial charge in [0.25, 0.3) is 0 Å². The third-order valence-corrected chi connectivity index (χ3v) is 4.62. The van der Waals surface area contributed by atoms with Crippen molar-refractivity contribution in [2.24, 2.45) is 0 Å². The minimum absolute atomic E-state index is 0.852. The number of rotatable bonds is 7. The van der Waals surface area contributed by atoms with E-state index < -0.39 is 0 Å². The zero-order chi connectivity index (χ0) is 11.2. The van der Waals surface area contributed by atoms with Gasteiger partial charge in [-0.25, -0.2) is 0 Å². The summed E-state index contributed by atoms with van der Waals surface area (Å²) < 4.78 is 0. The predicted molar refractivity (Wildman–Crippen MR) is 73.2 cm³/mol. The van der Waals surface area contributed by atoms with Gasteiger partial charge < -0.3 is 10.2 Å². The van der Waals surface area contributed by atoms with E-state index in [-0.39, 0.29) is 0 Å². The molecule has 1 unspecified atom stereocenters. The Morgan fingerprint density at radius 2 is 2.12 bits per heavy atom. The smallest absolute Gasteiger partial charge is 0.0147 e. The van der Waals surface area contributed by atoms with Gasteiger partial charge in [0, 0.05) is 30.1 Å². The van der Waals surface area contributed by atoms with Gasteiger partial charge in [0.2, 0.25) is 0 Å². The summed E-state index contributed by atoms with van der Waals surface area (Å²) in [5.41, 5.74) is 0. The molecular weight excluding hydrogens is 216 g/mol. The normalized spacial score (nSPS) is 27.2. The van der Waals surface area contributed by atoms with Gasteiger partial charge in [-0.3, -0.25) is 0 Å². The van der Waals surface area contributed by atoms with Crippen LogP contribution in [-0.2, 0) is 0 Å². The maximum atomic E-state index is 3.59. The number of hydrogen-bond acceptors (Lipinski definition) is 3. The lowest BCUT2D eigenvalue weighted by molar-refractivity contribution is 0.279. The summed E-state index contributed by atoms with van der Waals surface area (Å²) in [4.78, 5) is 2.65. The lowest BCUT2D eigenvalue weighted by atomic mass is 10.2. The molecule has 1 N–H and O–H groups in total. The second kappa shape index (κ2) is 6.87. The maximum Gasteiger partial charge on any atom is 0.0147 e. The minimum atomic E-state index is 0.852. The molecule has 2 rings (SSSR count). The molecule has 2 aliphatic rings. The Morgan fingerprint density at radius 3 is 2.88 bits per heavy atom. The Morgan fingerprint density at radius 1 is 1.25 bits per heavy atom. The van der Waals surface area contributed by atoms with Gasteiger partial charge >= 0.3 is 0 Å². The second-order valence-electron chi connectivity index (χ2n) is 5.27. The average Bonchev–Trinajstić information content (AvgIpc) is 3.07. The Labute approximate surface area is 105 Å². The topological polar surface area (TPSA) is 15.3 Å². The van der Waals surface area contributed by atoms with Crippen LogP contribution in [-0.4, -0.2) is 48.1 Å². The minimum Gasteiger partial charge on any atom is -0.314 e. The molecule has 16 heavy (non-hydrogen) atoms. The van der Waals surface area contributed by atoms with E-state index in [1.807, 2.05) is 0 Å². The summed E-state index contributed by atoms with van der Waals surface area (Å²) in [5, 5.41) is 4.44. The van der Waals surface area contributed by atoms with Crippen LogP contribution in [0.4, 0.5) is 0 Å². The van der Waals surface area contributed by atoms with E-state index in [1.54, 1.807) is 0 Å². The van der Waals surface area contributed by atoms with Crippen LogP contribution in [0.2, 0.25) is 0 Å². The van der Waals surface area contributed by atoms with E-state index in [2.05, 4.69) is 28.9 Å². The lowest BCUT2D eigenvalue weighted by Gasteiger charge is -2.30. The van der Waals surface area contributed by atoms with E-state index >= 15 is 0 Å². The molecule has 0 aromatic rings. The van der Waals surface area contributed by atoms with Crippen LogP contribution >= 0.6 is 11.8 Å². The van der Waals surface area contributed by atoms with Crippen molar-refractivity contribution in [2.45, 2.75) is 50.3 Å². The van der Waals surface area contributed by atoms with Crippen molar-refractivity contribution in [3.8, 4) is 0 Å². The predicted octanol–water partition coefficient (Wildman–Crippen LogP) is 2.35. The van der Waals surface area contributed by atoms with Crippen LogP contribution in [0.15, 0.2) is 0 Å². The van der Waals surface area contributed by atoms with E-state index in [9.17, 15) is 0 Å². The molecule has 1 aliphatic heterocycles. The summed E-state index contributed by atoms with van der Waals surface area (Å²) in [6.45, 7) is 7.56. The molecular formula is C13H26N2S. The van der Waals surface area contributed by atoms with E-state index in [0.29, 0.717) is 0 Å². The largest absolute Gasteiger partial charge is 0.314 e. The van der Waals surface area contributed by atoms with Crippen molar-refractivity contribution in [2.75, 3.05) is 31.9 Å². The molecule has 0 radical (unpaired) electrons. The number of nitrogens with zero attached hydrogens (tertiary/aromatic N) is 1. The van der Waals surface area contributed by atoms with Gasteiger partial charge in [-0.05, 0) is 38.8 Å². The molecule has 2 fully saturated rings. The highest BCUT2D eigenvalue weighted by Crippen LogP contribution is 2.19.